The molecule has 2 heterocycles. The van der Waals surface area contributed by atoms with Crippen LogP contribution in [-0.4, -0.2) is 47.7 Å². The minimum Gasteiger partial charge on any atom is -0.468 e. The van der Waals surface area contributed by atoms with Crippen LogP contribution in [0.2, 0.25) is 0 Å². The lowest BCUT2D eigenvalue weighted by Crippen LogP contribution is -2.38. The summed E-state index contributed by atoms with van der Waals surface area (Å²) in [5.41, 5.74) is 0.553. The molecule has 0 aromatic carbocycles. The topological polar surface area (TPSA) is 88.8 Å². The van der Waals surface area contributed by atoms with Crippen molar-refractivity contribution in [3.63, 3.8) is 0 Å². The van der Waals surface area contributed by atoms with Gasteiger partial charge in [-0.25, -0.2) is 0 Å². The summed E-state index contributed by atoms with van der Waals surface area (Å²) < 4.78 is 5.81. The molecule has 0 amide bonds. The number of aromatic nitrogens is 1. The summed E-state index contributed by atoms with van der Waals surface area (Å²) in [6, 6.07) is 0. The third-order valence-corrected chi connectivity index (χ3v) is 4.00. The number of rotatable bonds is 4. The van der Waals surface area contributed by atoms with E-state index in [1.165, 1.54) is 19.1 Å². The van der Waals surface area contributed by atoms with Gasteiger partial charge >= 0.3 is 10.8 Å². The van der Waals surface area contributed by atoms with Gasteiger partial charge in [0.25, 0.3) is 7.41 Å². The molecule has 1 aromatic heterocycles. The van der Waals surface area contributed by atoms with Crippen LogP contribution < -0.4 is 4.87 Å². The third-order valence-electron chi connectivity index (χ3n) is 2.88. The molecule has 0 bridgehead atoms. The molecule has 101 valence electrons. The molecule has 1 aromatic rings. The van der Waals surface area contributed by atoms with Crippen LogP contribution in [0, 0.1) is 0 Å². The second-order valence-corrected chi connectivity index (χ2v) is 5.06. The van der Waals surface area contributed by atoms with E-state index < -0.39 is 12.1 Å². The molecule has 1 radical (unpaired) electrons. The van der Waals surface area contributed by atoms with E-state index in [2.05, 4.69) is 4.74 Å². The van der Waals surface area contributed by atoms with Crippen LogP contribution in [-0.2, 0) is 27.4 Å². The molecule has 0 spiro atoms. The van der Waals surface area contributed by atoms with Crippen LogP contribution in [0.3, 0.4) is 0 Å². The van der Waals surface area contributed by atoms with E-state index >= 15 is 0 Å². The molecule has 0 fully saturated rings. The highest BCUT2D eigenvalue weighted by atomic mass is 32.1. The Morgan fingerprint density at radius 1 is 1.68 bits per heavy atom. The van der Waals surface area contributed by atoms with Crippen molar-refractivity contribution in [3.05, 3.63) is 20.2 Å². The minimum absolute atomic E-state index is 0.192. The largest absolute Gasteiger partial charge is 0.468 e. The van der Waals surface area contributed by atoms with E-state index in [0.29, 0.717) is 23.3 Å². The van der Waals surface area contributed by atoms with Crippen molar-refractivity contribution in [3.8, 4) is 0 Å². The van der Waals surface area contributed by atoms with Crippen molar-refractivity contribution >= 4 is 30.9 Å². The molecule has 1 aliphatic heterocycles. The first kappa shape index (κ1) is 14.0. The maximum Gasteiger partial charge on any atom is 0.325 e. The molecule has 7 nitrogen and oxygen atoms in total. The van der Waals surface area contributed by atoms with Gasteiger partial charge in [-0.1, -0.05) is 11.3 Å². The van der Waals surface area contributed by atoms with Crippen LogP contribution in [0.4, 0.5) is 0 Å². The van der Waals surface area contributed by atoms with E-state index in [4.69, 9.17) is 0 Å². The summed E-state index contributed by atoms with van der Waals surface area (Å²) in [4.78, 5) is 35.4. The molecule has 1 N–H and O–H groups in total. The van der Waals surface area contributed by atoms with Gasteiger partial charge in [0.15, 0.2) is 0 Å². The SMILES string of the molecule is COC(=O)Cn1c2c(sc1=O)C(O)CN([B]C=O)C2. The summed E-state index contributed by atoms with van der Waals surface area (Å²) in [5, 5.41) is 9.95. The Morgan fingerprint density at radius 2 is 2.42 bits per heavy atom. The van der Waals surface area contributed by atoms with Gasteiger partial charge in [-0.15, -0.1) is 0 Å². The standard InChI is InChI=1S/C10H12BN2O5S/c1-18-8(16)4-13-6-2-12(11-5-14)3-7(15)9(6)19-10(13)17/h5,7,15H,2-4H2,1H3. The number of thiazole rings is 1. The van der Waals surface area contributed by atoms with Gasteiger partial charge in [-0.3, -0.25) is 14.2 Å². The van der Waals surface area contributed by atoms with E-state index in [9.17, 15) is 19.5 Å². The molecule has 1 unspecified atom stereocenters. The van der Waals surface area contributed by atoms with Crippen LogP contribution in [0.1, 0.15) is 16.7 Å². The number of nitrogens with zero attached hydrogens (tertiary/aromatic N) is 2. The molecule has 0 aliphatic carbocycles. The molecular formula is C10H12BN2O5S. The number of methoxy groups -OCH3 is 1. The van der Waals surface area contributed by atoms with Crippen molar-refractivity contribution in [2.24, 2.45) is 0 Å². The van der Waals surface area contributed by atoms with Gasteiger partial charge in [0.1, 0.15) is 12.6 Å². The second-order valence-electron chi connectivity index (χ2n) is 4.07. The van der Waals surface area contributed by atoms with Crippen LogP contribution >= 0.6 is 11.3 Å². The van der Waals surface area contributed by atoms with E-state index in [1.54, 1.807) is 4.81 Å². The first-order valence-electron chi connectivity index (χ1n) is 5.56. The number of aliphatic hydroxyl groups excluding tert-OH is 1. The van der Waals surface area contributed by atoms with Crippen molar-refractivity contribution in [1.82, 2.24) is 9.38 Å². The highest BCUT2D eigenvalue weighted by Gasteiger charge is 2.29. The lowest BCUT2D eigenvalue weighted by Gasteiger charge is -2.28. The quantitative estimate of drug-likeness (QED) is 0.421. The highest BCUT2D eigenvalue weighted by molar-refractivity contribution is 7.09. The van der Waals surface area contributed by atoms with Crippen molar-refractivity contribution in [1.29, 1.82) is 0 Å². The Bertz CT molecular complexity index is 555. The average Bonchev–Trinajstić information content (AvgIpc) is 2.68. The fourth-order valence-electron chi connectivity index (χ4n) is 1.99. The van der Waals surface area contributed by atoms with Gasteiger partial charge < -0.3 is 19.4 Å². The lowest BCUT2D eigenvalue weighted by atomic mass is 9.91. The van der Waals surface area contributed by atoms with Crippen molar-refractivity contribution < 1.29 is 19.4 Å². The molecule has 9 heteroatoms. The Balaban J connectivity index is 2.35. The Kier molecular flexibility index (Phi) is 4.18. The highest BCUT2D eigenvalue weighted by Crippen LogP contribution is 2.28. The number of aliphatic hydroxyl groups is 1. The summed E-state index contributed by atoms with van der Waals surface area (Å²) in [5.74, 6) is -0.534. The van der Waals surface area contributed by atoms with Crippen molar-refractivity contribution in [2.45, 2.75) is 19.2 Å². The summed E-state index contributed by atoms with van der Waals surface area (Å²) in [6.45, 7) is 0.369. The number of fused-ring (bicyclic) bond motifs is 1. The van der Waals surface area contributed by atoms with Crippen LogP contribution in [0.25, 0.3) is 0 Å². The zero-order chi connectivity index (χ0) is 14.0. The van der Waals surface area contributed by atoms with E-state index in [1.807, 2.05) is 0 Å². The molecule has 0 saturated carbocycles. The fraction of sp³-hybridized carbons (Fsp3) is 0.500. The number of ether oxygens (including phenoxy) is 1. The first-order valence-corrected chi connectivity index (χ1v) is 6.38. The number of carbonyl (C=O) groups excluding carboxylic acids is 2. The van der Waals surface area contributed by atoms with Gasteiger partial charge in [0.2, 0.25) is 0 Å². The Hall–Kier alpha value is -1.45. The number of hydrogen-bond acceptors (Lipinski definition) is 7. The van der Waals surface area contributed by atoms with Gasteiger partial charge in [0, 0.05) is 13.1 Å². The van der Waals surface area contributed by atoms with Gasteiger partial charge in [-0.05, 0) is 0 Å². The van der Waals surface area contributed by atoms with Crippen molar-refractivity contribution in [2.75, 3.05) is 13.7 Å². The fourth-order valence-corrected chi connectivity index (χ4v) is 2.97. The number of carbonyl (C=O) groups is 2. The number of esters is 1. The Labute approximate surface area is 113 Å². The van der Waals surface area contributed by atoms with Gasteiger partial charge in [-0.2, -0.15) is 0 Å². The first-order chi connectivity index (χ1) is 9.06. The average molecular weight is 283 g/mol. The molecule has 1 aliphatic rings. The third kappa shape index (κ3) is 2.77. The predicted molar refractivity (Wildman–Crippen MR) is 68.5 cm³/mol. The number of β-amino-alcohol motifs (C(OH)–C–C–N with tert-alkyl or cyclic N) is 1. The van der Waals surface area contributed by atoms with E-state index in [-0.39, 0.29) is 18.0 Å². The monoisotopic (exact) mass is 283 g/mol. The summed E-state index contributed by atoms with van der Waals surface area (Å²) in [6.07, 6.45) is -0.219. The molecule has 1 atom stereocenters. The zero-order valence-electron chi connectivity index (χ0n) is 10.2. The minimum atomic E-state index is -0.837. The molecule has 2 rings (SSSR count). The molecule has 19 heavy (non-hydrogen) atoms. The molecular weight excluding hydrogens is 271 g/mol. The summed E-state index contributed by atoms with van der Waals surface area (Å²) in [7, 11) is 2.55. The normalized spacial score (nSPS) is 18.7. The lowest BCUT2D eigenvalue weighted by molar-refractivity contribution is -0.141. The zero-order valence-corrected chi connectivity index (χ0v) is 11.1. The maximum atomic E-state index is 11.8. The Morgan fingerprint density at radius 3 is 3.05 bits per heavy atom. The number of hydrogen-bond donors (Lipinski definition) is 1. The second kappa shape index (κ2) is 5.68. The van der Waals surface area contributed by atoms with Crippen LogP contribution in [0.5, 0.6) is 0 Å². The summed E-state index contributed by atoms with van der Waals surface area (Å²) >= 11 is 0.918. The van der Waals surface area contributed by atoms with Gasteiger partial charge in [0.05, 0.1) is 23.9 Å². The van der Waals surface area contributed by atoms with Crippen LogP contribution in [0.15, 0.2) is 4.79 Å². The smallest absolute Gasteiger partial charge is 0.325 e. The maximum absolute atomic E-state index is 11.8. The molecule has 0 saturated heterocycles. The van der Waals surface area contributed by atoms with E-state index in [0.717, 1.165) is 11.3 Å². The predicted octanol–water partition coefficient (Wildman–Crippen LogP) is -1.26.